The Hall–Kier alpha value is -2.13. The summed E-state index contributed by atoms with van der Waals surface area (Å²) in [5, 5.41) is 0. The fourth-order valence-corrected chi connectivity index (χ4v) is 2.71. The normalized spacial score (nSPS) is 16.1. The van der Waals surface area contributed by atoms with Gasteiger partial charge in [0.05, 0.1) is 12.3 Å². The maximum atomic E-state index is 5.95. The molecule has 120 valence electrons. The fraction of sp³-hybridized carbons (Fsp3) is 0.350. The van der Waals surface area contributed by atoms with E-state index in [2.05, 4.69) is 41.4 Å². The topological polar surface area (TPSA) is 31.4 Å². The highest BCUT2D eigenvalue weighted by Crippen LogP contribution is 2.35. The smallest absolute Gasteiger partial charge is 0.205 e. The molecule has 2 heterocycles. The lowest BCUT2D eigenvalue weighted by Crippen LogP contribution is -2.36. The third-order valence-corrected chi connectivity index (χ3v) is 4.00. The van der Waals surface area contributed by atoms with Crippen molar-refractivity contribution in [2.75, 3.05) is 0 Å². The highest BCUT2D eigenvalue weighted by atomic mass is 16.7. The number of benzene rings is 1. The first kappa shape index (κ1) is 15.8. The molecule has 0 bridgehead atoms. The molecule has 0 unspecified atom stereocenters. The van der Waals surface area contributed by atoms with Crippen molar-refractivity contribution in [3.63, 3.8) is 0 Å². The number of hydrogen-bond donors (Lipinski definition) is 0. The van der Waals surface area contributed by atoms with Crippen LogP contribution in [0.5, 0.6) is 5.75 Å². The maximum absolute atomic E-state index is 5.95. The van der Waals surface area contributed by atoms with Crippen molar-refractivity contribution in [3.05, 3.63) is 65.0 Å². The van der Waals surface area contributed by atoms with E-state index in [1.54, 1.807) is 0 Å². The molecule has 1 aliphatic rings. The van der Waals surface area contributed by atoms with Gasteiger partial charge in [-0.25, -0.2) is 0 Å². The van der Waals surface area contributed by atoms with Crippen molar-refractivity contribution in [1.82, 2.24) is 4.98 Å². The number of allylic oxidation sites excluding steroid dienone is 1. The molecule has 0 saturated heterocycles. The van der Waals surface area contributed by atoms with Crippen LogP contribution in [-0.2, 0) is 17.8 Å². The zero-order valence-corrected chi connectivity index (χ0v) is 14.0. The first-order chi connectivity index (χ1) is 11.1. The summed E-state index contributed by atoms with van der Waals surface area (Å²) in [5.74, 6) is 0.279. The van der Waals surface area contributed by atoms with Crippen LogP contribution in [0.3, 0.4) is 0 Å². The quantitative estimate of drug-likeness (QED) is 0.821. The zero-order valence-electron chi connectivity index (χ0n) is 14.0. The SMILES string of the molecule is Cc1ncc(C=CCCc2ccccc2)c2c1OC(C)(C)OC2. The molecule has 0 saturated carbocycles. The van der Waals surface area contributed by atoms with E-state index in [0.29, 0.717) is 6.61 Å². The minimum absolute atomic E-state index is 0.560. The Kier molecular flexibility index (Phi) is 4.49. The Balaban J connectivity index is 1.72. The second-order valence-corrected chi connectivity index (χ2v) is 6.32. The highest BCUT2D eigenvalue weighted by Gasteiger charge is 2.30. The molecular formula is C20H23NO2. The number of ether oxygens (including phenoxy) is 2. The lowest BCUT2D eigenvalue weighted by Gasteiger charge is -2.33. The summed E-state index contributed by atoms with van der Waals surface area (Å²) in [6.07, 6.45) is 8.26. The van der Waals surface area contributed by atoms with Gasteiger partial charge in [-0.3, -0.25) is 4.98 Å². The first-order valence-corrected chi connectivity index (χ1v) is 8.07. The average molecular weight is 309 g/mol. The van der Waals surface area contributed by atoms with E-state index in [4.69, 9.17) is 9.47 Å². The van der Waals surface area contributed by atoms with Gasteiger partial charge in [0.1, 0.15) is 5.75 Å². The van der Waals surface area contributed by atoms with Gasteiger partial charge in [-0.2, -0.15) is 0 Å². The standard InChI is InChI=1S/C20H23NO2/c1-15-19-18(14-22-20(2,3)23-19)17(13-21-15)12-8-7-11-16-9-5-4-6-10-16/h4-6,8-10,12-13H,7,11,14H2,1-3H3. The number of aromatic nitrogens is 1. The lowest BCUT2D eigenvalue weighted by molar-refractivity contribution is -0.180. The number of nitrogens with zero attached hydrogens (tertiary/aromatic N) is 1. The van der Waals surface area contributed by atoms with Crippen LogP contribution in [0.2, 0.25) is 0 Å². The molecule has 0 atom stereocenters. The first-order valence-electron chi connectivity index (χ1n) is 8.07. The summed E-state index contributed by atoms with van der Waals surface area (Å²) in [5.41, 5.74) is 4.44. The molecule has 23 heavy (non-hydrogen) atoms. The molecule has 3 nitrogen and oxygen atoms in total. The Bertz CT molecular complexity index is 705. The minimum Gasteiger partial charge on any atom is -0.461 e. The molecule has 0 aliphatic carbocycles. The van der Waals surface area contributed by atoms with Crippen LogP contribution >= 0.6 is 0 Å². The summed E-state index contributed by atoms with van der Waals surface area (Å²) in [7, 11) is 0. The van der Waals surface area contributed by atoms with Crippen molar-refractivity contribution in [3.8, 4) is 5.75 Å². The fourth-order valence-electron chi connectivity index (χ4n) is 2.71. The Morgan fingerprint density at radius 1 is 1.22 bits per heavy atom. The summed E-state index contributed by atoms with van der Waals surface area (Å²) in [4.78, 5) is 4.46. The predicted octanol–water partition coefficient (Wildman–Crippen LogP) is 4.68. The molecule has 3 heteroatoms. The van der Waals surface area contributed by atoms with E-state index < -0.39 is 5.79 Å². The van der Waals surface area contributed by atoms with Gasteiger partial charge in [-0.15, -0.1) is 0 Å². The van der Waals surface area contributed by atoms with E-state index in [9.17, 15) is 0 Å². The number of fused-ring (bicyclic) bond motifs is 1. The van der Waals surface area contributed by atoms with E-state index in [-0.39, 0.29) is 0 Å². The average Bonchev–Trinajstić information content (AvgIpc) is 2.54. The number of hydrogen-bond acceptors (Lipinski definition) is 3. The molecule has 1 aromatic heterocycles. The highest BCUT2D eigenvalue weighted by molar-refractivity contribution is 5.58. The molecular weight excluding hydrogens is 286 g/mol. The minimum atomic E-state index is -0.588. The van der Waals surface area contributed by atoms with Crippen molar-refractivity contribution >= 4 is 6.08 Å². The van der Waals surface area contributed by atoms with Crippen LogP contribution in [0.4, 0.5) is 0 Å². The van der Waals surface area contributed by atoms with E-state index in [1.807, 2.05) is 33.0 Å². The number of rotatable bonds is 4. The number of pyridine rings is 1. The van der Waals surface area contributed by atoms with Crippen LogP contribution in [0.25, 0.3) is 6.08 Å². The van der Waals surface area contributed by atoms with Gasteiger partial charge in [-0.1, -0.05) is 42.5 Å². The summed E-state index contributed by atoms with van der Waals surface area (Å²) < 4.78 is 11.7. The van der Waals surface area contributed by atoms with Gasteiger partial charge in [0, 0.05) is 31.2 Å². The van der Waals surface area contributed by atoms with Gasteiger partial charge in [0.25, 0.3) is 0 Å². The van der Waals surface area contributed by atoms with Crippen LogP contribution in [0, 0.1) is 6.92 Å². The number of aryl methyl sites for hydroxylation is 2. The van der Waals surface area contributed by atoms with Crippen LogP contribution in [-0.4, -0.2) is 10.8 Å². The van der Waals surface area contributed by atoms with Crippen molar-refractivity contribution in [1.29, 1.82) is 0 Å². The lowest BCUT2D eigenvalue weighted by atomic mass is 10.0. The predicted molar refractivity (Wildman–Crippen MR) is 92.3 cm³/mol. The molecule has 0 amide bonds. The van der Waals surface area contributed by atoms with Gasteiger partial charge in [0.15, 0.2) is 0 Å². The third kappa shape index (κ3) is 3.80. The maximum Gasteiger partial charge on any atom is 0.205 e. The summed E-state index contributed by atoms with van der Waals surface area (Å²) in [6.45, 7) is 6.39. The van der Waals surface area contributed by atoms with E-state index in [0.717, 1.165) is 35.4 Å². The zero-order chi connectivity index (χ0) is 16.3. The Morgan fingerprint density at radius 3 is 2.78 bits per heavy atom. The van der Waals surface area contributed by atoms with Crippen LogP contribution in [0.15, 0.2) is 42.6 Å². The van der Waals surface area contributed by atoms with Crippen molar-refractivity contribution in [2.45, 2.75) is 46.0 Å². The van der Waals surface area contributed by atoms with Gasteiger partial charge in [-0.05, 0) is 25.3 Å². The monoisotopic (exact) mass is 309 g/mol. The summed E-state index contributed by atoms with van der Waals surface area (Å²) >= 11 is 0. The summed E-state index contributed by atoms with van der Waals surface area (Å²) in [6, 6.07) is 10.5. The van der Waals surface area contributed by atoms with Crippen molar-refractivity contribution in [2.24, 2.45) is 0 Å². The molecule has 2 aromatic rings. The Labute approximate surface area is 138 Å². The van der Waals surface area contributed by atoms with E-state index in [1.165, 1.54) is 5.56 Å². The van der Waals surface area contributed by atoms with E-state index >= 15 is 0 Å². The molecule has 0 spiro atoms. The molecule has 3 rings (SSSR count). The molecule has 1 aromatic carbocycles. The van der Waals surface area contributed by atoms with Crippen LogP contribution in [0.1, 0.15) is 42.7 Å². The molecule has 0 radical (unpaired) electrons. The second-order valence-electron chi connectivity index (χ2n) is 6.32. The molecule has 0 N–H and O–H groups in total. The largest absolute Gasteiger partial charge is 0.461 e. The van der Waals surface area contributed by atoms with Gasteiger partial charge >= 0.3 is 0 Å². The van der Waals surface area contributed by atoms with Gasteiger partial charge in [0.2, 0.25) is 5.79 Å². The molecule has 1 aliphatic heterocycles. The third-order valence-electron chi connectivity index (χ3n) is 4.00. The van der Waals surface area contributed by atoms with Crippen LogP contribution < -0.4 is 4.74 Å². The second kappa shape index (κ2) is 6.55. The molecule has 0 fully saturated rings. The Morgan fingerprint density at radius 2 is 2.00 bits per heavy atom. The van der Waals surface area contributed by atoms with Crippen molar-refractivity contribution < 1.29 is 9.47 Å². The van der Waals surface area contributed by atoms with Gasteiger partial charge < -0.3 is 9.47 Å².